The van der Waals surface area contributed by atoms with Crippen molar-refractivity contribution in [3.05, 3.63) is 103 Å². The maximum Gasteiger partial charge on any atom is 0.338 e. The number of nitrogens with one attached hydrogen (secondary N) is 2. The van der Waals surface area contributed by atoms with Gasteiger partial charge in [0.1, 0.15) is 11.0 Å². The van der Waals surface area contributed by atoms with Crippen LogP contribution in [0, 0.1) is 5.92 Å². The summed E-state index contributed by atoms with van der Waals surface area (Å²) >= 11 is 8.23. The second-order valence-electron chi connectivity index (χ2n) is 9.95. The third-order valence-corrected chi connectivity index (χ3v) is 9.83. The summed E-state index contributed by atoms with van der Waals surface area (Å²) in [6.45, 7) is 1.68. The monoisotopic (exact) mass is 649 g/mol. The number of fused-ring (bicyclic) bond motifs is 2. The number of hydrogen-bond acceptors (Lipinski definition) is 9. The molecular formula is C31H24ClN3O7S2. The van der Waals surface area contributed by atoms with Gasteiger partial charge in [-0.25, -0.2) is 9.69 Å². The molecule has 1 saturated heterocycles. The smallest absolute Gasteiger partial charge is 0.338 e. The van der Waals surface area contributed by atoms with Gasteiger partial charge in [-0.1, -0.05) is 46.8 Å². The minimum Gasteiger partial charge on any atom is -0.484 e. The van der Waals surface area contributed by atoms with E-state index in [1.54, 1.807) is 73.7 Å². The molecule has 0 radical (unpaired) electrons. The van der Waals surface area contributed by atoms with E-state index in [9.17, 15) is 24.0 Å². The Morgan fingerprint density at radius 3 is 2.48 bits per heavy atom. The maximum absolute atomic E-state index is 13.9. The van der Waals surface area contributed by atoms with E-state index in [1.807, 2.05) is 6.07 Å². The number of H-pyrrole nitrogens is 1. The van der Waals surface area contributed by atoms with E-state index in [0.29, 0.717) is 43.2 Å². The average Bonchev–Trinajstić information content (AvgIpc) is 3.51. The van der Waals surface area contributed by atoms with Gasteiger partial charge >= 0.3 is 10.8 Å². The summed E-state index contributed by atoms with van der Waals surface area (Å²) in [5.41, 5.74) is 1.95. The number of hydrogen-bond donors (Lipinski definition) is 2. The molecule has 4 aromatic rings. The zero-order chi connectivity index (χ0) is 31.0. The number of nitrogens with zero attached hydrogens (tertiary/aromatic N) is 1. The van der Waals surface area contributed by atoms with Gasteiger partial charge in [0.15, 0.2) is 6.61 Å². The van der Waals surface area contributed by atoms with Gasteiger partial charge in [0.2, 0.25) is 11.8 Å². The second kappa shape index (κ2) is 12.3. The van der Waals surface area contributed by atoms with Crippen LogP contribution in [0.3, 0.4) is 0 Å². The topological polar surface area (TPSA) is 135 Å². The van der Waals surface area contributed by atoms with Crippen molar-refractivity contribution >= 4 is 69.8 Å². The maximum atomic E-state index is 13.9. The lowest BCUT2D eigenvalue weighted by Crippen LogP contribution is -2.32. The number of esters is 1. The fraction of sp³-hybridized carbons (Fsp3) is 0.194. The number of thioether (sulfide) groups is 1. The molecule has 44 heavy (non-hydrogen) atoms. The molecule has 0 saturated carbocycles. The molecule has 224 valence electrons. The second-order valence-corrected chi connectivity index (χ2v) is 12.5. The van der Waals surface area contributed by atoms with Crippen LogP contribution in [0.15, 0.2) is 82.6 Å². The molecule has 0 aliphatic carbocycles. The van der Waals surface area contributed by atoms with Gasteiger partial charge in [-0.15, -0.1) is 0 Å². The van der Waals surface area contributed by atoms with Gasteiger partial charge in [-0.3, -0.25) is 19.2 Å². The standard InChI is InChI=1S/C31H24ClN3O7S2/c1-2-41-30(39)16-6-10-19(11-7-16)33-22(36)15-42-21-5-3-4-17(14-21)23-24-26(43-27-25(23)44-31(40)34-27)29(38)35(28(24)37)20-12-8-18(32)9-13-20/h3-14,23-24,26H,2,15H2,1H3,(H,33,36)(H,34,40)/t23-,24-,26+/m0/s1. The predicted octanol–water partition coefficient (Wildman–Crippen LogP) is 5.08. The van der Waals surface area contributed by atoms with Gasteiger partial charge in [0.05, 0.1) is 28.8 Å². The average molecular weight is 650 g/mol. The van der Waals surface area contributed by atoms with Crippen molar-refractivity contribution in [1.29, 1.82) is 0 Å². The van der Waals surface area contributed by atoms with Crippen molar-refractivity contribution < 1.29 is 28.7 Å². The number of carbonyl (C=O) groups is 4. The lowest BCUT2D eigenvalue weighted by molar-refractivity contribution is -0.122. The molecule has 13 heteroatoms. The Hall–Kier alpha value is -4.39. The van der Waals surface area contributed by atoms with Crippen LogP contribution in [0.5, 0.6) is 5.75 Å². The van der Waals surface area contributed by atoms with E-state index >= 15 is 0 Å². The molecule has 0 bridgehead atoms. The third kappa shape index (κ3) is 5.75. The molecule has 3 aromatic carbocycles. The van der Waals surface area contributed by atoms with E-state index in [1.165, 1.54) is 16.7 Å². The first-order valence-corrected chi connectivity index (χ1v) is 15.6. The molecule has 0 spiro atoms. The molecule has 3 atom stereocenters. The van der Waals surface area contributed by atoms with Crippen LogP contribution in [0.25, 0.3) is 0 Å². The molecule has 3 amide bonds. The minimum absolute atomic E-state index is 0.264. The number of imide groups is 1. The molecule has 1 fully saturated rings. The van der Waals surface area contributed by atoms with E-state index in [0.717, 1.165) is 11.3 Å². The van der Waals surface area contributed by atoms with Gasteiger partial charge in [0, 0.05) is 21.5 Å². The molecule has 2 aliphatic heterocycles. The highest BCUT2D eigenvalue weighted by Gasteiger charge is 2.56. The van der Waals surface area contributed by atoms with Crippen molar-refractivity contribution in [1.82, 2.24) is 4.98 Å². The highest BCUT2D eigenvalue weighted by molar-refractivity contribution is 8.00. The Labute approximate surface area is 264 Å². The number of halogens is 1. The number of ether oxygens (including phenoxy) is 2. The first kappa shape index (κ1) is 29.7. The number of aromatic nitrogens is 1. The van der Waals surface area contributed by atoms with Gasteiger partial charge in [-0.05, 0) is 73.2 Å². The highest BCUT2D eigenvalue weighted by Crippen LogP contribution is 2.53. The van der Waals surface area contributed by atoms with Crippen LogP contribution < -0.4 is 19.8 Å². The SMILES string of the molecule is CCOC(=O)c1ccc(NC(=O)COc2cccc([C@@H]3c4sc(=O)[nH]c4S[C@H]4C(=O)N(c5ccc(Cl)cc5)C(=O)[C@@H]34)c2)cc1. The summed E-state index contributed by atoms with van der Waals surface area (Å²) in [5, 5.41) is 3.01. The van der Waals surface area contributed by atoms with Gasteiger partial charge < -0.3 is 19.8 Å². The van der Waals surface area contributed by atoms with Crippen molar-refractivity contribution in [3.8, 4) is 5.75 Å². The lowest BCUT2D eigenvalue weighted by atomic mass is 9.83. The van der Waals surface area contributed by atoms with Crippen molar-refractivity contribution in [2.75, 3.05) is 23.4 Å². The molecule has 3 heterocycles. The van der Waals surface area contributed by atoms with Crippen molar-refractivity contribution in [3.63, 3.8) is 0 Å². The largest absolute Gasteiger partial charge is 0.484 e. The Morgan fingerprint density at radius 1 is 1.00 bits per heavy atom. The summed E-state index contributed by atoms with van der Waals surface area (Å²) < 4.78 is 10.8. The van der Waals surface area contributed by atoms with E-state index in [4.69, 9.17) is 21.1 Å². The van der Waals surface area contributed by atoms with E-state index < -0.39 is 29.0 Å². The fourth-order valence-electron chi connectivity index (χ4n) is 5.27. The number of carbonyl (C=O) groups excluding carboxylic acids is 4. The summed E-state index contributed by atoms with van der Waals surface area (Å²) in [5.74, 6) is -2.59. The van der Waals surface area contributed by atoms with E-state index in [-0.39, 0.29) is 29.9 Å². The summed E-state index contributed by atoms with van der Waals surface area (Å²) in [4.78, 5) is 68.7. The zero-order valence-electron chi connectivity index (χ0n) is 23.1. The normalized spacial score (nSPS) is 18.9. The molecule has 10 nitrogen and oxygen atoms in total. The first-order valence-electron chi connectivity index (χ1n) is 13.6. The lowest BCUT2D eigenvalue weighted by Gasteiger charge is -2.30. The van der Waals surface area contributed by atoms with Crippen LogP contribution in [0.1, 0.15) is 33.6 Å². The molecule has 1 aromatic heterocycles. The Balaban J connectivity index is 1.21. The summed E-state index contributed by atoms with van der Waals surface area (Å²) in [7, 11) is 0. The highest BCUT2D eigenvalue weighted by atomic mass is 35.5. The number of aromatic amines is 1. The first-order chi connectivity index (χ1) is 21.2. The Kier molecular flexibility index (Phi) is 8.30. The third-order valence-electron chi connectivity index (χ3n) is 7.18. The molecular weight excluding hydrogens is 626 g/mol. The van der Waals surface area contributed by atoms with Crippen LogP contribution in [-0.4, -0.2) is 47.1 Å². The number of amides is 3. The number of thiazole rings is 1. The minimum atomic E-state index is -0.766. The van der Waals surface area contributed by atoms with E-state index in [2.05, 4.69) is 10.3 Å². The molecule has 2 N–H and O–H groups in total. The quantitative estimate of drug-likeness (QED) is 0.199. The fourth-order valence-corrected chi connectivity index (χ4v) is 7.91. The van der Waals surface area contributed by atoms with Gasteiger partial charge in [0.25, 0.3) is 5.91 Å². The van der Waals surface area contributed by atoms with Gasteiger partial charge in [-0.2, -0.15) is 0 Å². The predicted molar refractivity (Wildman–Crippen MR) is 167 cm³/mol. The Morgan fingerprint density at radius 2 is 1.75 bits per heavy atom. The zero-order valence-corrected chi connectivity index (χ0v) is 25.5. The summed E-state index contributed by atoms with van der Waals surface area (Å²) in [6.07, 6.45) is 0. The molecule has 6 rings (SSSR count). The number of rotatable bonds is 8. The van der Waals surface area contributed by atoms with Crippen molar-refractivity contribution in [2.24, 2.45) is 5.92 Å². The van der Waals surface area contributed by atoms with Crippen LogP contribution in [0.4, 0.5) is 11.4 Å². The summed E-state index contributed by atoms with van der Waals surface area (Å²) in [6, 6.07) is 19.7. The number of anilines is 2. The van der Waals surface area contributed by atoms with Crippen LogP contribution in [0.2, 0.25) is 5.02 Å². The number of benzene rings is 3. The van der Waals surface area contributed by atoms with Crippen molar-refractivity contribution in [2.45, 2.75) is 23.1 Å². The molecule has 2 aliphatic rings. The van der Waals surface area contributed by atoms with Crippen LogP contribution >= 0.6 is 34.7 Å². The Bertz CT molecular complexity index is 1820. The van der Waals surface area contributed by atoms with Crippen LogP contribution in [-0.2, 0) is 19.1 Å². The molecule has 0 unspecified atom stereocenters.